The molecule has 136 valence electrons. The Morgan fingerprint density at radius 1 is 1.25 bits per heavy atom. The van der Waals surface area contributed by atoms with E-state index in [4.69, 9.17) is 5.73 Å². The molecule has 1 amide bonds. The lowest BCUT2D eigenvalue weighted by Gasteiger charge is -2.42. The van der Waals surface area contributed by atoms with Gasteiger partial charge < -0.3 is 10.6 Å². The average Bonchev–Trinajstić information content (AvgIpc) is 2.42. The molecular weight excluding hydrogens is 362 g/mol. The Bertz CT molecular complexity index is 624. The SMILES string of the molecule is CC1C(c2cc(F)cc(F)c2F)CC(N)C(=O)N1CC(F)(F)F.Cl. The van der Waals surface area contributed by atoms with Crippen molar-refractivity contribution in [2.45, 2.75) is 37.5 Å². The fourth-order valence-corrected chi connectivity index (χ4v) is 2.85. The van der Waals surface area contributed by atoms with Gasteiger partial charge in [-0.2, -0.15) is 13.2 Å². The monoisotopic (exact) mass is 376 g/mol. The third-order valence-corrected chi connectivity index (χ3v) is 3.95. The van der Waals surface area contributed by atoms with Crippen molar-refractivity contribution in [2.24, 2.45) is 5.73 Å². The van der Waals surface area contributed by atoms with Crippen molar-refractivity contribution in [1.82, 2.24) is 4.90 Å². The number of nitrogens with two attached hydrogens (primary N) is 1. The van der Waals surface area contributed by atoms with Crippen LogP contribution < -0.4 is 5.73 Å². The molecule has 0 spiro atoms. The Hall–Kier alpha value is -1.48. The molecule has 24 heavy (non-hydrogen) atoms. The molecule has 0 radical (unpaired) electrons. The number of benzene rings is 1. The third-order valence-electron chi connectivity index (χ3n) is 3.95. The van der Waals surface area contributed by atoms with E-state index in [0.717, 1.165) is 0 Å². The van der Waals surface area contributed by atoms with E-state index in [-0.39, 0.29) is 18.8 Å². The van der Waals surface area contributed by atoms with Crippen LogP contribution in [0.25, 0.3) is 0 Å². The number of carbonyl (C=O) groups is 1. The lowest BCUT2D eigenvalue weighted by molar-refractivity contribution is -0.170. The Morgan fingerprint density at radius 2 is 1.83 bits per heavy atom. The molecule has 0 aliphatic carbocycles. The zero-order valence-corrected chi connectivity index (χ0v) is 13.2. The molecule has 0 bridgehead atoms. The van der Waals surface area contributed by atoms with Gasteiger partial charge in [-0.15, -0.1) is 12.4 Å². The molecule has 1 aliphatic heterocycles. The molecule has 1 aromatic rings. The van der Waals surface area contributed by atoms with Crippen LogP contribution in [0.5, 0.6) is 0 Å². The molecular formula is C14H15ClF6N2O. The lowest BCUT2D eigenvalue weighted by atomic mass is 9.81. The predicted octanol–water partition coefficient (Wildman–Crippen LogP) is 3.12. The Balaban J connectivity index is 0.00000288. The van der Waals surface area contributed by atoms with E-state index in [1.54, 1.807) is 0 Å². The van der Waals surface area contributed by atoms with Crippen molar-refractivity contribution in [2.75, 3.05) is 6.54 Å². The molecule has 1 aliphatic rings. The molecule has 1 saturated heterocycles. The second kappa shape index (κ2) is 7.18. The highest BCUT2D eigenvalue weighted by Gasteiger charge is 2.44. The first-order valence-corrected chi connectivity index (χ1v) is 6.78. The van der Waals surface area contributed by atoms with Crippen molar-refractivity contribution in [3.8, 4) is 0 Å². The summed E-state index contributed by atoms with van der Waals surface area (Å²) < 4.78 is 78.5. The summed E-state index contributed by atoms with van der Waals surface area (Å²) in [6.07, 6.45) is -4.87. The minimum Gasteiger partial charge on any atom is -0.329 e. The zero-order valence-electron chi connectivity index (χ0n) is 12.4. The largest absolute Gasteiger partial charge is 0.406 e. The summed E-state index contributed by atoms with van der Waals surface area (Å²) in [5.74, 6) is -5.82. The van der Waals surface area contributed by atoms with Gasteiger partial charge >= 0.3 is 6.18 Å². The van der Waals surface area contributed by atoms with Gasteiger partial charge in [0.05, 0.1) is 6.04 Å². The van der Waals surface area contributed by atoms with Gasteiger partial charge in [0.1, 0.15) is 12.4 Å². The number of carbonyl (C=O) groups excluding carboxylic acids is 1. The highest BCUT2D eigenvalue weighted by Crippen LogP contribution is 2.36. The van der Waals surface area contributed by atoms with E-state index in [2.05, 4.69) is 0 Å². The van der Waals surface area contributed by atoms with Crippen molar-refractivity contribution in [3.05, 3.63) is 35.1 Å². The molecule has 0 aromatic heterocycles. The highest BCUT2D eigenvalue weighted by molar-refractivity contribution is 5.85. The first kappa shape index (κ1) is 20.6. The van der Waals surface area contributed by atoms with Gasteiger partial charge in [0, 0.05) is 18.0 Å². The number of hydrogen-bond acceptors (Lipinski definition) is 2. The van der Waals surface area contributed by atoms with Crippen molar-refractivity contribution in [1.29, 1.82) is 0 Å². The summed E-state index contributed by atoms with van der Waals surface area (Å²) in [6.45, 7) is -0.293. The number of hydrogen-bond donors (Lipinski definition) is 1. The molecule has 1 heterocycles. The molecule has 1 fully saturated rings. The maximum Gasteiger partial charge on any atom is 0.406 e. The first-order chi connectivity index (χ1) is 10.5. The highest BCUT2D eigenvalue weighted by atomic mass is 35.5. The van der Waals surface area contributed by atoms with Gasteiger partial charge in [-0.1, -0.05) is 0 Å². The van der Waals surface area contributed by atoms with Gasteiger partial charge in [-0.25, -0.2) is 13.2 Å². The van der Waals surface area contributed by atoms with E-state index in [1.807, 2.05) is 0 Å². The molecule has 3 atom stereocenters. The van der Waals surface area contributed by atoms with Gasteiger partial charge in [0.25, 0.3) is 0 Å². The quantitative estimate of drug-likeness (QED) is 0.637. The van der Waals surface area contributed by atoms with Crippen molar-refractivity contribution < 1.29 is 31.1 Å². The van der Waals surface area contributed by atoms with Gasteiger partial charge in [-0.05, 0) is 25.0 Å². The molecule has 3 nitrogen and oxygen atoms in total. The Kier molecular flexibility index (Phi) is 6.15. The van der Waals surface area contributed by atoms with Gasteiger partial charge in [0.2, 0.25) is 5.91 Å². The van der Waals surface area contributed by atoms with Crippen LogP contribution in [0.2, 0.25) is 0 Å². The fraction of sp³-hybridized carbons (Fsp3) is 0.500. The fourth-order valence-electron chi connectivity index (χ4n) is 2.85. The topological polar surface area (TPSA) is 46.3 Å². The number of nitrogens with zero attached hydrogens (tertiary/aromatic N) is 1. The third kappa shape index (κ3) is 4.13. The second-order valence-electron chi connectivity index (χ2n) is 5.56. The van der Waals surface area contributed by atoms with Crippen LogP contribution in [-0.4, -0.2) is 35.6 Å². The number of likely N-dealkylation sites (tertiary alicyclic amines) is 1. The van der Waals surface area contributed by atoms with Crippen LogP contribution in [0.1, 0.15) is 24.8 Å². The van der Waals surface area contributed by atoms with E-state index in [9.17, 15) is 31.1 Å². The Labute approximate surface area is 140 Å². The summed E-state index contributed by atoms with van der Waals surface area (Å²) >= 11 is 0. The zero-order chi connectivity index (χ0) is 17.5. The summed E-state index contributed by atoms with van der Waals surface area (Å²) in [5.41, 5.74) is 5.11. The summed E-state index contributed by atoms with van der Waals surface area (Å²) in [5, 5.41) is 0. The van der Waals surface area contributed by atoms with Crippen LogP contribution in [0.15, 0.2) is 12.1 Å². The molecule has 2 rings (SSSR count). The van der Waals surface area contributed by atoms with Crippen molar-refractivity contribution >= 4 is 18.3 Å². The standard InChI is InChI=1S/C14H14F6N2O.ClH/c1-6-8(9-2-7(15)3-10(16)12(9)17)4-11(21)13(23)22(6)5-14(18,19)20;/h2-3,6,8,11H,4-5,21H2,1H3;1H. The van der Waals surface area contributed by atoms with Crippen LogP contribution in [0.4, 0.5) is 26.3 Å². The molecule has 3 unspecified atom stereocenters. The first-order valence-electron chi connectivity index (χ1n) is 6.78. The molecule has 10 heteroatoms. The summed E-state index contributed by atoms with van der Waals surface area (Å²) in [6, 6.07) is -1.36. The minimum absolute atomic E-state index is 0. The maximum atomic E-state index is 13.9. The van der Waals surface area contributed by atoms with Crippen LogP contribution in [0.3, 0.4) is 0 Å². The number of piperidine rings is 1. The predicted molar refractivity (Wildman–Crippen MR) is 76.1 cm³/mol. The molecule has 2 N–H and O–H groups in total. The second-order valence-corrected chi connectivity index (χ2v) is 5.56. The van der Waals surface area contributed by atoms with Crippen molar-refractivity contribution in [3.63, 3.8) is 0 Å². The van der Waals surface area contributed by atoms with E-state index >= 15 is 0 Å². The summed E-state index contributed by atoms with van der Waals surface area (Å²) in [7, 11) is 0. The van der Waals surface area contributed by atoms with E-state index in [1.165, 1.54) is 6.92 Å². The van der Waals surface area contributed by atoms with E-state index < -0.39 is 59.6 Å². The van der Waals surface area contributed by atoms with Crippen LogP contribution in [-0.2, 0) is 4.79 Å². The number of rotatable bonds is 2. The average molecular weight is 377 g/mol. The van der Waals surface area contributed by atoms with E-state index in [0.29, 0.717) is 17.0 Å². The van der Waals surface area contributed by atoms with Crippen LogP contribution in [0, 0.1) is 17.5 Å². The van der Waals surface area contributed by atoms with Gasteiger partial charge in [0.15, 0.2) is 11.6 Å². The lowest BCUT2D eigenvalue weighted by Crippen LogP contribution is -2.57. The smallest absolute Gasteiger partial charge is 0.329 e. The normalized spacial score (nSPS) is 24.8. The number of halogens is 7. The minimum atomic E-state index is -4.67. The van der Waals surface area contributed by atoms with Gasteiger partial charge in [-0.3, -0.25) is 4.79 Å². The number of alkyl halides is 3. The molecule has 1 aromatic carbocycles. The maximum absolute atomic E-state index is 13.9. The molecule has 0 saturated carbocycles. The summed E-state index contributed by atoms with van der Waals surface area (Å²) in [4.78, 5) is 12.3. The number of amides is 1. The van der Waals surface area contributed by atoms with Crippen LogP contribution >= 0.6 is 12.4 Å². The Morgan fingerprint density at radius 3 is 2.38 bits per heavy atom.